The van der Waals surface area contributed by atoms with Crippen molar-refractivity contribution in [1.82, 2.24) is 15.6 Å². The second-order valence-electron chi connectivity index (χ2n) is 6.31. The summed E-state index contributed by atoms with van der Waals surface area (Å²) in [7, 11) is 1.81. The van der Waals surface area contributed by atoms with Crippen molar-refractivity contribution in [2.45, 2.75) is 39.5 Å². The Balaban J connectivity index is 0.00000338. The van der Waals surface area contributed by atoms with E-state index in [1.54, 1.807) is 0 Å². The Morgan fingerprint density at radius 1 is 1.15 bits per heavy atom. The van der Waals surface area contributed by atoms with E-state index in [0.29, 0.717) is 0 Å². The molecule has 0 spiro atoms. The molecule has 146 valence electrons. The molecular weight excluding hydrogens is 439 g/mol. The summed E-state index contributed by atoms with van der Waals surface area (Å²) in [5.74, 6) is 0.851. The lowest BCUT2D eigenvalue weighted by Gasteiger charge is -2.11. The van der Waals surface area contributed by atoms with Gasteiger partial charge in [0, 0.05) is 50.5 Å². The molecule has 0 saturated heterocycles. The van der Waals surface area contributed by atoms with Gasteiger partial charge < -0.3 is 20.4 Å². The summed E-state index contributed by atoms with van der Waals surface area (Å²) in [4.78, 5) is 7.66. The van der Waals surface area contributed by atoms with Gasteiger partial charge in [-0.15, -0.1) is 24.0 Å². The molecule has 0 atom stereocenters. The minimum Gasteiger partial charge on any atom is -0.381 e. The van der Waals surface area contributed by atoms with Gasteiger partial charge in [-0.1, -0.05) is 31.5 Å². The van der Waals surface area contributed by atoms with Crippen LogP contribution in [0.4, 0.5) is 0 Å². The van der Waals surface area contributed by atoms with Crippen molar-refractivity contribution in [3.8, 4) is 0 Å². The summed E-state index contributed by atoms with van der Waals surface area (Å²) < 4.78 is 5.57. The number of hydrogen-bond acceptors (Lipinski definition) is 2. The second-order valence-corrected chi connectivity index (χ2v) is 6.31. The van der Waals surface area contributed by atoms with E-state index in [1.165, 1.54) is 28.5 Å². The molecule has 26 heavy (non-hydrogen) atoms. The number of unbranched alkanes of at least 4 members (excludes halogenated alkanes) is 1. The molecule has 2 rings (SSSR count). The highest BCUT2D eigenvalue weighted by atomic mass is 127. The van der Waals surface area contributed by atoms with Crippen molar-refractivity contribution in [2.75, 3.05) is 33.4 Å². The van der Waals surface area contributed by atoms with E-state index >= 15 is 0 Å². The standard InChI is InChI=1S/C20H32N4O.HI/c1-4-5-13-25-14-7-11-22-20(21-3)23-12-10-17-15-24-19-16(2)8-6-9-18(17)19;/h6,8-9,15,24H,4-5,7,10-14H2,1-3H3,(H2,21,22,23);1H. The summed E-state index contributed by atoms with van der Waals surface area (Å²) in [5.41, 5.74) is 3.87. The lowest BCUT2D eigenvalue weighted by molar-refractivity contribution is 0.129. The summed E-state index contributed by atoms with van der Waals surface area (Å²) in [6.45, 7) is 7.72. The number of aromatic amines is 1. The number of halogens is 1. The van der Waals surface area contributed by atoms with Gasteiger partial charge in [-0.3, -0.25) is 4.99 Å². The Morgan fingerprint density at radius 2 is 1.92 bits per heavy atom. The van der Waals surface area contributed by atoms with Crippen LogP contribution in [0.3, 0.4) is 0 Å². The lowest BCUT2D eigenvalue weighted by Crippen LogP contribution is -2.39. The van der Waals surface area contributed by atoms with E-state index in [0.717, 1.165) is 51.5 Å². The van der Waals surface area contributed by atoms with Crippen LogP contribution < -0.4 is 10.6 Å². The van der Waals surface area contributed by atoms with Gasteiger partial charge in [0.15, 0.2) is 5.96 Å². The second kappa shape index (κ2) is 13.0. The number of nitrogens with zero attached hydrogens (tertiary/aromatic N) is 1. The molecule has 1 heterocycles. The number of H-pyrrole nitrogens is 1. The van der Waals surface area contributed by atoms with Crippen LogP contribution in [0, 0.1) is 6.92 Å². The van der Waals surface area contributed by atoms with Gasteiger partial charge in [-0.25, -0.2) is 0 Å². The zero-order valence-corrected chi connectivity index (χ0v) is 18.6. The molecule has 3 N–H and O–H groups in total. The Hall–Kier alpha value is -1.28. The Kier molecular flexibility index (Phi) is 11.4. The Labute approximate surface area is 174 Å². The molecule has 0 fully saturated rings. The summed E-state index contributed by atoms with van der Waals surface area (Å²) in [6, 6.07) is 6.43. The third kappa shape index (κ3) is 7.15. The van der Waals surface area contributed by atoms with Crippen molar-refractivity contribution < 1.29 is 4.74 Å². The smallest absolute Gasteiger partial charge is 0.190 e. The normalized spacial score (nSPS) is 11.4. The van der Waals surface area contributed by atoms with Gasteiger partial charge in [-0.05, 0) is 37.3 Å². The molecule has 1 aromatic heterocycles. The molecule has 0 bridgehead atoms. The average Bonchev–Trinajstić information content (AvgIpc) is 3.04. The number of hydrogen-bond donors (Lipinski definition) is 3. The number of benzene rings is 1. The van der Waals surface area contributed by atoms with E-state index < -0.39 is 0 Å². The predicted molar refractivity (Wildman–Crippen MR) is 122 cm³/mol. The maximum absolute atomic E-state index is 5.57. The van der Waals surface area contributed by atoms with E-state index in [-0.39, 0.29) is 24.0 Å². The molecule has 0 radical (unpaired) electrons. The highest BCUT2D eigenvalue weighted by molar-refractivity contribution is 14.0. The molecule has 5 nitrogen and oxygen atoms in total. The SMILES string of the molecule is CCCCOCCCNC(=NC)NCCc1c[nH]c2c(C)cccc12.I. The fraction of sp³-hybridized carbons (Fsp3) is 0.550. The van der Waals surface area contributed by atoms with E-state index in [2.05, 4.69) is 58.9 Å². The third-order valence-corrected chi connectivity index (χ3v) is 4.32. The fourth-order valence-electron chi connectivity index (χ4n) is 2.84. The Morgan fingerprint density at radius 3 is 2.69 bits per heavy atom. The third-order valence-electron chi connectivity index (χ3n) is 4.32. The summed E-state index contributed by atoms with van der Waals surface area (Å²) in [6.07, 6.45) is 6.40. The van der Waals surface area contributed by atoms with Crippen LogP contribution in [-0.4, -0.2) is 44.3 Å². The molecule has 0 saturated carbocycles. The highest BCUT2D eigenvalue weighted by Gasteiger charge is 2.05. The van der Waals surface area contributed by atoms with Crippen LogP contribution in [-0.2, 0) is 11.2 Å². The van der Waals surface area contributed by atoms with Crippen LogP contribution in [0.1, 0.15) is 37.3 Å². The monoisotopic (exact) mass is 472 g/mol. The number of aromatic nitrogens is 1. The maximum Gasteiger partial charge on any atom is 0.190 e. The van der Waals surface area contributed by atoms with Crippen LogP contribution in [0.15, 0.2) is 29.4 Å². The number of ether oxygens (including phenoxy) is 1. The van der Waals surface area contributed by atoms with Crippen LogP contribution >= 0.6 is 24.0 Å². The molecule has 2 aromatic rings. The van der Waals surface area contributed by atoms with Crippen molar-refractivity contribution in [2.24, 2.45) is 4.99 Å². The lowest BCUT2D eigenvalue weighted by atomic mass is 10.1. The molecule has 0 aliphatic heterocycles. The maximum atomic E-state index is 5.57. The molecule has 0 unspecified atom stereocenters. The first-order valence-electron chi connectivity index (χ1n) is 9.34. The van der Waals surface area contributed by atoms with E-state index in [9.17, 15) is 0 Å². The van der Waals surface area contributed by atoms with Gasteiger partial charge in [0.05, 0.1) is 0 Å². The van der Waals surface area contributed by atoms with Gasteiger partial charge in [-0.2, -0.15) is 0 Å². The minimum absolute atomic E-state index is 0. The number of aryl methyl sites for hydroxylation is 1. The largest absolute Gasteiger partial charge is 0.381 e. The van der Waals surface area contributed by atoms with Gasteiger partial charge in [0.25, 0.3) is 0 Å². The van der Waals surface area contributed by atoms with Gasteiger partial charge >= 0.3 is 0 Å². The number of nitrogens with one attached hydrogen (secondary N) is 3. The van der Waals surface area contributed by atoms with Crippen LogP contribution in [0.25, 0.3) is 10.9 Å². The van der Waals surface area contributed by atoms with Crippen LogP contribution in [0.5, 0.6) is 0 Å². The first-order chi connectivity index (χ1) is 12.3. The molecule has 1 aromatic carbocycles. The van der Waals surface area contributed by atoms with Gasteiger partial charge in [0.2, 0.25) is 0 Å². The predicted octanol–water partition coefficient (Wildman–Crippen LogP) is 4.01. The van der Waals surface area contributed by atoms with Crippen LogP contribution in [0.2, 0.25) is 0 Å². The zero-order valence-electron chi connectivity index (χ0n) is 16.2. The van der Waals surface area contributed by atoms with Crippen molar-refractivity contribution in [3.63, 3.8) is 0 Å². The minimum atomic E-state index is 0. The molecule has 0 amide bonds. The van der Waals surface area contributed by atoms with E-state index in [4.69, 9.17) is 4.74 Å². The Bertz CT molecular complexity index is 669. The summed E-state index contributed by atoms with van der Waals surface area (Å²) >= 11 is 0. The quantitative estimate of drug-likeness (QED) is 0.212. The number of fused-ring (bicyclic) bond motifs is 1. The number of para-hydroxylation sites is 1. The number of guanidine groups is 1. The highest BCUT2D eigenvalue weighted by Crippen LogP contribution is 2.21. The molecular formula is C20H33IN4O. The first-order valence-corrected chi connectivity index (χ1v) is 9.34. The summed E-state index contributed by atoms with van der Waals surface area (Å²) in [5, 5.41) is 8.03. The number of aliphatic imine (C=N–C) groups is 1. The molecule has 6 heteroatoms. The molecule has 0 aliphatic rings. The first kappa shape index (κ1) is 22.8. The van der Waals surface area contributed by atoms with Crippen molar-refractivity contribution in [3.05, 3.63) is 35.5 Å². The van der Waals surface area contributed by atoms with Crippen molar-refractivity contribution in [1.29, 1.82) is 0 Å². The molecule has 0 aliphatic carbocycles. The topological polar surface area (TPSA) is 61.4 Å². The van der Waals surface area contributed by atoms with Crippen molar-refractivity contribution >= 4 is 40.8 Å². The van der Waals surface area contributed by atoms with Gasteiger partial charge in [0.1, 0.15) is 0 Å². The fourth-order valence-corrected chi connectivity index (χ4v) is 2.84. The zero-order chi connectivity index (χ0) is 17.9. The number of rotatable bonds is 10. The van der Waals surface area contributed by atoms with E-state index in [1.807, 2.05) is 7.05 Å². The average molecular weight is 472 g/mol.